The molecule has 1 aliphatic heterocycles. The fourth-order valence-corrected chi connectivity index (χ4v) is 2.21. The third-order valence-corrected chi connectivity index (χ3v) is 3.26. The first-order valence-electron chi connectivity index (χ1n) is 6.24. The highest BCUT2D eigenvalue weighted by Crippen LogP contribution is 2.07. The molecule has 0 bridgehead atoms. The van der Waals surface area contributed by atoms with Gasteiger partial charge < -0.3 is 5.32 Å². The standard InChI is InChI=1S/C13H21N3/c1-2-12-6-9-16(10-8-15-12)11-13-5-3-4-7-14-13/h3-5,7,12,15H,2,6,8-11H2,1H3. The fourth-order valence-electron chi connectivity index (χ4n) is 2.21. The van der Waals surface area contributed by atoms with Gasteiger partial charge in [-0.3, -0.25) is 9.88 Å². The molecule has 2 rings (SSSR count). The monoisotopic (exact) mass is 219 g/mol. The van der Waals surface area contributed by atoms with Gasteiger partial charge in [-0.05, 0) is 25.0 Å². The molecule has 0 spiro atoms. The van der Waals surface area contributed by atoms with E-state index in [1.807, 2.05) is 12.3 Å². The second kappa shape index (κ2) is 5.97. The fraction of sp³-hybridized carbons (Fsp3) is 0.615. The predicted molar refractivity (Wildman–Crippen MR) is 66.2 cm³/mol. The summed E-state index contributed by atoms with van der Waals surface area (Å²) < 4.78 is 0. The van der Waals surface area contributed by atoms with Gasteiger partial charge >= 0.3 is 0 Å². The van der Waals surface area contributed by atoms with E-state index in [0.717, 1.165) is 19.6 Å². The van der Waals surface area contributed by atoms with E-state index < -0.39 is 0 Å². The molecule has 3 nitrogen and oxygen atoms in total. The highest BCUT2D eigenvalue weighted by molar-refractivity contribution is 5.03. The first kappa shape index (κ1) is 11.6. The molecule has 3 heteroatoms. The SMILES string of the molecule is CCC1CCN(Cc2ccccn2)CCN1. The second-order valence-corrected chi connectivity index (χ2v) is 4.45. The first-order valence-corrected chi connectivity index (χ1v) is 6.24. The van der Waals surface area contributed by atoms with Gasteiger partial charge in [0.1, 0.15) is 0 Å². The lowest BCUT2D eigenvalue weighted by Crippen LogP contribution is -2.30. The Balaban J connectivity index is 1.86. The number of nitrogens with zero attached hydrogens (tertiary/aromatic N) is 2. The Bertz CT molecular complexity index is 299. The van der Waals surface area contributed by atoms with Crippen LogP contribution in [0.5, 0.6) is 0 Å². The molecule has 1 aliphatic rings. The Labute approximate surface area is 97.9 Å². The van der Waals surface area contributed by atoms with E-state index in [1.165, 1.54) is 25.1 Å². The normalized spacial score (nSPS) is 22.9. The van der Waals surface area contributed by atoms with E-state index in [4.69, 9.17) is 0 Å². The summed E-state index contributed by atoms with van der Waals surface area (Å²) in [5, 5.41) is 3.58. The van der Waals surface area contributed by atoms with E-state index in [0.29, 0.717) is 6.04 Å². The maximum atomic E-state index is 4.38. The van der Waals surface area contributed by atoms with Crippen LogP contribution in [-0.2, 0) is 6.54 Å². The minimum atomic E-state index is 0.703. The van der Waals surface area contributed by atoms with Crippen molar-refractivity contribution < 1.29 is 0 Å². The molecular formula is C13H21N3. The van der Waals surface area contributed by atoms with Crippen molar-refractivity contribution in [1.29, 1.82) is 0 Å². The van der Waals surface area contributed by atoms with Crippen LogP contribution in [0.2, 0.25) is 0 Å². The van der Waals surface area contributed by atoms with Gasteiger partial charge in [0, 0.05) is 38.4 Å². The zero-order chi connectivity index (χ0) is 11.2. The Morgan fingerprint density at radius 3 is 3.12 bits per heavy atom. The number of rotatable bonds is 3. The van der Waals surface area contributed by atoms with Crippen LogP contribution in [-0.4, -0.2) is 35.6 Å². The third kappa shape index (κ3) is 3.29. The largest absolute Gasteiger partial charge is 0.313 e. The summed E-state index contributed by atoms with van der Waals surface area (Å²) in [7, 11) is 0. The Morgan fingerprint density at radius 1 is 1.44 bits per heavy atom. The Morgan fingerprint density at radius 2 is 2.38 bits per heavy atom. The lowest BCUT2D eigenvalue weighted by Gasteiger charge is -2.18. The average molecular weight is 219 g/mol. The zero-order valence-corrected chi connectivity index (χ0v) is 10.0. The van der Waals surface area contributed by atoms with E-state index in [-0.39, 0.29) is 0 Å². The number of pyridine rings is 1. The van der Waals surface area contributed by atoms with Crippen LogP contribution < -0.4 is 5.32 Å². The third-order valence-electron chi connectivity index (χ3n) is 3.26. The average Bonchev–Trinajstić information content (AvgIpc) is 2.56. The molecule has 2 heterocycles. The molecule has 1 N–H and O–H groups in total. The molecule has 1 atom stereocenters. The molecule has 1 unspecified atom stereocenters. The summed E-state index contributed by atoms with van der Waals surface area (Å²) in [5.41, 5.74) is 1.18. The van der Waals surface area contributed by atoms with Crippen molar-refractivity contribution >= 4 is 0 Å². The number of nitrogens with one attached hydrogen (secondary N) is 1. The van der Waals surface area contributed by atoms with Crippen LogP contribution in [0.25, 0.3) is 0 Å². The van der Waals surface area contributed by atoms with E-state index >= 15 is 0 Å². The van der Waals surface area contributed by atoms with Crippen molar-refractivity contribution in [3.05, 3.63) is 30.1 Å². The molecule has 16 heavy (non-hydrogen) atoms. The van der Waals surface area contributed by atoms with Crippen molar-refractivity contribution in [2.45, 2.75) is 32.4 Å². The minimum Gasteiger partial charge on any atom is -0.313 e. The smallest absolute Gasteiger partial charge is 0.0543 e. The van der Waals surface area contributed by atoms with Gasteiger partial charge in [-0.25, -0.2) is 0 Å². The van der Waals surface area contributed by atoms with Crippen molar-refractivity contribution in [3.63, 3.8) is 0 Å². The summed E-state index contributed by atoms with van der Waals surface area (Å²) in [6, 6.07) is 6.84. The van der Waals surface area contributed by atoms with Crippen LogP contribution in [0.15, 0.2) is 24.4 Å². The van der Waals surface area contributed by atoms with Crippen LogP contribution in [0.1, 0.15) is 25.5 Å². The minimum absolute atomic E-state index is 0.703. The van der Waals surface area contributed by atoms with Crippen molar-refractivity contribution in [2.75, 3.05) is 19.6 Å². The lowest BCUT2D eigenvalue weighted by atomic mass is 10.1. The maximum Gasteiger partial charge on any atom is 0.0543 e. The predicted octanol–water partition coefficient (Wildman–Crippen LogP) is 1.66. The molecule has 0 aromatic carbocycles. The summed E-state index contributed by atoms with van der Waals surface area (Å²) in [6.07, 6.45) is 4.36. The van der Waals surface area contributed by atoms with Gasteiger partial charge in [-0.1, -0.05) is 13.0 Å². The van der Waals surface area contributed by atoms with Gasteiger partial charge in [-0.2, -0.15) is 0 Å². The molecule has 88 valence electrons. The molecule has 0 aliphatic carbocycles. The lowest BCUT2D eigenvalue weighted by molar-refractivity contribution is 0.278. The van der Waals surface area contributed by atoms with Crippen molar-refractivity contribution in [1.82, 2.24) is 15.2 Å². The Kier molecular flexibility index (Phi) is 4.31. The van der Waals surface area contributed by atoms with Crippen molar-refractivity contribution in [3.8, 4) is 0 Å². The molecule has 1 aromatic heterocycles. The van der Waals surface area contributed by atoms with Gasteiger partial charge in [0.15, 0.2) is 0 Å². The number of aromatic nitrogens is 1. The van der Waals surface area contributed by atoms with Crippen LogP contribution in [0.4, 0.5) is 0 Å². The molecule has 1 aromatic rings. The summed E-state index contributed by atoms with van der Waals surface area (Å²) >= 11 is 0. The number of hydrogen-bond donors (Lipinski definition) is 1. The first-order chi connectivity index (χ1) is 7.88. The topological polar surface area (TPSA) is 28.2 Å². The van der Waals surface area contributed by atoms with Crippen molar-refractivity contribution in [2.24, 2.45) is 0 Å². The van der Waals surface area contributed by atoms with Crippen LogP contribution >= 0.6 is 0 Å². The van der Waals surface area contributed by atoms with E-state index in [9.17, 15) is 0 Å². The highest BCUT2D eigenvalue weighted by Gasteiger charge is 2.14. The van der Waals surface area contributed by atoms with E-state index in [1.54, 1.807) is 0 Å². The van der Waals surface area contributed by atoms with Gasteiger partial charge in [0.05, 0.1) is 5.69 Å². The van der Waals surface area contributed by atoms with Gasteiger partial charge in [0.2, 0.25) is 0 Å². The quantitative estimate of drug-likeness (QED) is 0.838. The summed E-state index contributed by atoms with van der Waals surface area (Å²) in [6.45, 7) is 6.66. The van der Waals surface area contributed by atoms with E-state index in [2.05, 4.69) is 34.3 Å². The maximum absolute atomic E-state index is 4.38. The molecule has 0 radical (unpaired) electrons. The highest BCUT2D eigenvalue weighted by atomic mass is 15.2. The Hall–Kier alpha value is -0.930. The number of hydrogen-bond acceptors (Lipinski definition) is 3. The van der Waals surface area contributed by atoms with Crippen LogP contribution in [0, 0.1) is 0 Å². The molecule has 1 fully saturated rings. The molecule has 1 saturated heterocycles. The summed E-state index contributed by atoms with van der Waals surface area (Å²) in [5.74, 6) is 0. The van der Waals surface area contributed by atoms with Crippen LogP contribution in [0.3, 0.4) is 0 Å². The van der Waals surface area contributed by atoms with Gasteiger partial charge in [0.25, 0.3) is 0 Å². The molecule has 0 amide bonds. The zero-order valence-electron chi connectivity index (χ0n) is 10.0. The summed E-state index contributed by atoms with van der Waals surface area (Å²) in [4.78, 5) is 6.87. The van der Waals surface area contributed by atoms with Gasteiger partial charge in [-0.15, -0.1) is 0 Å². The second-order valence-electron chi connectivity index (χ2n) is 4.45. The molecule has 0 saturated carbocycles. The molecular weight excluding hydrogens is 198 g/mol.